The van der Waals surface area contributed by atoms with Crippen molar-refractivity contribution in [2.45, 2.75) is 39.0 Å². The molecule has 2 heterocycles. The van der Waals surface area contributed by atoms with Crippen molar-refractivity contribution in [1.29, 1.82) is 0 Å². The fourth-order valence-corrected chi connectivity index (χ4v) is 5.31. The first-order valence-electron chi connectivity index (χ1n) is 11.3. The van der Waals surface area contributed by atoms with Crippen molar-refractivity contribution in [3.63, 3.8) is 0 Å². The summed E-state index contributed by atoms with van der Waals surface area (Å²) in [5.41, 5.74) is 3.51. The number of ether oxygens (including phenoxy) is 2. The Kier molecular flexibility index (Phi) is 7.30. The van der Waals surface area contributed by atoms with Crippen molar-refractivity contribution in [2.24, 2.45) is 0 Å². The van der Waals surface area contributed by atoms with Crippen molar-refractivity contribution < 1.29 is 9.47 Å². The Morgan fingerprint density at radius 2 is 1.81 bits per heavy atom. The average molecular weight is 440 g/mol. The van der Waals surface area contributed by atoms with Crippen LogP contribution in [0.15, 0.2) is 36.4 Å². The SMILES string of the molecule is CCc1ccc2nc(N(CCCCN3CCCC3)c3ccc(OC)c(OC)c3)sc2c1. The molecular formula is C25H33N3O2S. The van der Waals surface area contributed by atoms with Gasteiger partial charge in [-0.25, -0.2) is 4.98 Å². The van der Waals surface area contributed by atoms with Gasteiger partial charge in [0.05, 0.1) is 24.4 Å². The first kappa shape index (κ1) is 21.9. The molecule has 0 unspecified atom stereocenters. The van der Waals surface area contributed by atoms with E-state index in [2.05, 4.69) is 47.1 Å². The molecule has 1 fully saturated rings. The van der Waals surface area contributed by atoms with Crippen LogP contribution in [-0.2, 0) is 6.42 Å². The minimum atomic E-state index is 0.747. The highest BCUT2D eigenvalue weighted by Gasteiger charge is 2.18. The van der Waals surface area contributed by atoms with Gasteiger partial charge < -0.3 is 19.3 Å². The molecule has 0 bridgehead atoms. The van der Waals surface area contributed by atoms with E-state index < -0.39 is 0 Å². The molecule has 0 spiro atoms. The molecule has 31 heavy (non-hydrogen) atoms. The number of thiazole rings is 1. The summed E-state index contributed by atoms with van der Waals surface area (Å²) < 4.78 is 12.3. The van der Waals surface area contributed by atoms with Crippen LogP contribution in [0.1, 0.15) is 38.2 Å². The molecule has 1 aliphatic heterocycles. The average Bonchev–Trinajstić information content (AvgIpc) is 3.47. The van der Waals surface area contributed by atoms with Gasteiger partial charge in [-0.05, 0) is 81.6 Å². The number of fused-ring (bicyclic) bond motifs is 1. The number of benzene rings is 2. The first-order chi connectivity index (χ1) is 15.2. The molecule has 0 atom stereocenters. The van der Waals surface area contributed by atoms with Crippen LogP contribution in [0.2, 0.25) is 0 Å². The first-order valence-corrected chi connectivity index (χ1v) is 12.1. The molecule has 0 amide bonds. The number of rotatable bonds is 10. The monoisotopic (exact) mass is 439 g/mol. The second-order valence-electron chi connectivity index (χ2n) is 8.10. The van der Waals surface area contributed by atoms with Crippen LogP contribution < -0.4 is 14.4 Å². The minimum Gasteiger partial charge on any atom is -0.493 e. The van der Waals surface area contributed by atoms with E-state index in [-0.39, 0.29) is 0 Å². The number of methoxy groups -OCH3 is 2. The summed E-state index contributed by atoms with van der Waals surface area (Å²) in [5.74, 6) is 1.49. The molecule has 3 aromatic rings. The number of anilines is 2. The minimum absolute atomic E-state index is 0.747. The lowest BCUT2D eigenvalue weighted by atomic mass is 10.2. The van der Waals surface area contributed by atoms with Crippen molar-refractivity contribution in [1.82, 2.24) is 9.88 Å². The molecule has 1 aliphatic rings. The zero-order chi connectivity index (χ0) is 21.6. The number of hydrogen-bond donors (Lipinski definition) is 0. The molecule has 166 valence electrons. The van der Waals surface area contributed by atoms with Crippen LogP contribution in [0, 0.1) is 0 Å². The fraction of sp³-hybridized carbons (Fsp3) is 0.480. The standard InChI is InChI=1S/C25H33N3O2S/c1-4-19-9-11-21-24(17-19)31-25(26-21)28(16-8-7-15-27-13-5-6-14-27)20-10-12-22(29-2)23(18-20)30-3/h9-12,17-18H,4-8,13-16H2,1-3H3. The Labute approximate surface area is 189 Å². The van der Waals surface area contributed by atoms with Crippen LogP contribution in [0.25, 0.3) is 10.2 Å². The van der Waals surface area contributed by atoms with Gasteiger partial charge in [-0.1, -0.05) is 24.3 Å². The predicted octanol–water partition coefficient (Wildman–Crippen LogP) is 5.89. The van der Waals surface area contributed by atoms with Crippen molar-refractivity contribution in [3.8, 4) is 11.5 Å². The lowest BCUT2D eigenvalue weighted by molar-refractivity contribution is 0.331. The largest absolute Gasteiger partial charge is 0.493 e. The molecule has 2 aromatic carbocycles. The van der Waals surface area contributed by atoms with Crippen molar-refractivity contribution >= 4 is 32.4 Å². The molecule has 1 saturated heterocycles. The Hall–Kier alpha value is -2.31. The molecule has 0 saturated carbocycles. The molecule has 4 rings (SSSR count). The summed E-state index contributed by atoms with van der Waals surface area (Å²) in [6.07, 6.45) is 6.07. The number of aryl methyl sites for hydroxylation is 1. The number of aromatic nitrogens is 1. The lowest BCUT2D eigenvalue weighted by Crippen LogP contribution is -2.23. The highest BCUT2D eigenvalue weighted by atomic mass is 32.1. The maximum atomic E-state index is 5.57. The maximum absolute atomic E-state index is 5.57. The highest BCUT2D eigenvalue weighted by molar-refractivity contribution is 7.22. The summed E-state index contributed by atoms with van der Waals surface area (Å²) in [6, 6.07) is 12.7. The third-order valence-electron chi connectivity index (χ3n) is 6.06. The molecule has 0 N–H and O–H groups in total. The van der Waals surface area contributed by atoms with Gasteiger partial charge in [-0.2, -0.15) is 0 Å². The second-order valence-corrected chi connectivity index (χ2v) is 9.11. The van der Waals surface area contributed by atoms with E-state index in [9.17, 15) is 0 Å². The second kappa shape index (κ2) is 10.3. The number of nitrogens with zero attached hydrogens (tertiary/aromatic N) is 3. The van der Waals surface area contributed by atoms with Crippen molar-refractivity contribution in [2.75, 3.05) is 45.3 Å². The Balaban J connectivity index is 1.58. The summed E-state index contributed by atoms with van der Waals surface area (Å²) in [5, 5.41) is 1.04. The number of hydrogen-bond acceptors (Lipinski definition) is 6. The molecule has 0 aliphatic carbocycles. The van der Waals surface area contributed by atoms with Crippen LogP contribution in [0.5, 0.6) is 11.5 Å². The lowest BCUT2D eigenvalue weighted by Gasteiger charge is -2.23. The van der Waals surface area contributed by atoms with Crippen molar-refractivity contribution in [3.05, 3.63) is 42.0 Å². The zero-order valence-electron chi connectivity index (χ0n) is 18.9. The van der Waals surface area contributed by atoms with Gasteiger partial charge in [0.2, 0.25) is 0 Å². The number of unbranched alkanes of at least 4 members (excludes halogenated alkanes) is 1. The molecule has 0 radical (unpaired) electrons. The van der Waals surface area contributed by atoms with E-state index in [1.54, 1.807) is 25.6 Å². The molecule has 5 nitrogen and oxygen atoms in total. The molecule has 6 heteroatoms. The third-order valence-corrected chi connectivity index (χ3v) is 7.11. The van der Waals surface area contributed by atoms with Gasteiger partial charge in [0.25, 0.3) is 0 Å². The normalized spacial score (nSPS) is 14.3. The van der Waals surface area contributed by atoms with Crippen LogP contribution in [-0.4, -0.2) is 50.3 Å². The molecular weight excluding hydrogens is 406 g/mol. The molecule has 1 aromatic heterocycles. The van der Waals surface area contributed by atoms with Gasteiger partial charge in [0, 0.05) is 18.3 Å². The quantitative estimate of drug-likeness (QED) is 0.368. The highest BCUT2D eigenvalue weighted by Crippen LogP contribution is 2.38. The maximum Gasteiger partial charge on any atom is 0.190 e. The van der Waals surface area contributed by atoms with E-state index in [1.807, 2.05) is 6.07 Å². The summed E-state index contributed by atoms with van der Waals surface area (Å²) in [6.45, 7) is 6.84. The summed E-state index contributed by atoms with van der Waals surface area (Å²) in [4.78, 5) is 9.90. The number of likely N-dealkylation sites (tertiary alicyclic amines) is 1. The Morgan fingerprint density at radius 3 is 2.55 bits per heavy atom. The van der Waals surface area contributed by atoms with E-state index in [0.29, 0.717) is 0 Å². The van der Waals surface area contributed by atoms with E-state index in [1.165, 1.54) is 49.2 Å². The summed E-state index contributed by atoms with van der Waals surface area (Å²) >= 11 is 1.77. The van der Waals surface area contributed by atoms with Gasteiger partial charge in [-0.3, -0.25) is 0 Å². The summed E-state index contributed by atoms with van der Waals surface area (Å²) in [7, 11) is 3.36. The fourth-order valence-electron chi connectivity index (χ4n) is 4.23. The zero-order valence-corrected chi connectivity index (χ0v) is 19.7. The van der Waals surface area contributed by atoms with Gasteiger partial charge in [-0.15, -0.1) is 0 Å². The van der Waals surface area contributed by atoms with Crippen LogP contribution >= 0.6 is 11.3 Å². The topological polar surface area (TPSA) is 37.8 Å². The van der Waals surface area contributed by atoms with E-state index >= 15 is 0 Å². The van der Waals surface area contributed by atoms with E-state index in [0.717, 1.165) is 47.2 Å². The smallest absolute Gasteiger partial charge is 0.190 e. The van der Waals surface area contributed by atoms with Gasteiger partial charge in [0.1, 0.15) is 0 Å². The van der Waals surface area contributed by atoms with Gasteiger partial charge in [0.15, 0.2) is 16.6 Å². The van der Waals surface area contributed by atoms with Gasteiger partial charge >= 0.3 is 0 Å². The third kappa shape index (κ3) is 5.13. The van der Waals surface area contributed by atoms with Crippen LogP contribution in [0.3, 0.4) is 0 Å². The van der Waals surface area contributed by atoms with E-state index in [4.69, 9.17) is 14.5 Å². The Bertz CT molecular complexity index is 998. The predicted molar refractivity (Wildman–Crippen MR) is 130 cm³/mol. The van der Waals surface area contributed by atoms with Crippen LogP contribution in [0.4, 0.5) is 10.8 Å². The Morgan fingerprint density at radius 1 is 1.00 bits per heavy atom.